The van der Waals surface area contributed by atoms with Crippen LogP contribution in [0.3, 0.4) is 0 Å². The summed E-state index contributed by atoms with van der Waals surface area (Å²) in [5.74, 6) is -2.14. The quantitative estimate of drug-likeness (QED) is 0.368. The summed E-state index contributed by atoms with van der Waals surface area (Å²) < 4.78 is 37.2. The van der Waals surface area contributed by atoms with Gasteiger partial charge in [0.2, 0.25) is 0 Å². The van der Waals surface area contributed by atoms with Crippen LogP contribution in [-0.4, -0.2) is 59.8 Å². The number of alkyl halides is 3. The first-order valence-corrected chi connectivity index (χ1v) is 13.1. The summed E-state index contributed by atoms with van der Waals surface area (Å²) in [6.45, 7) is 6.27. The lowest BCUT2D eigenvalue weighted by Gasteiger charge is -2.27. The third-order valence-electron chi connectivity index (χ3n) is 6.85. The normalized spacial score (nSPS) is 18.1. The first kappa shape index (κ1) is 29.1. The predicted octanol–water partition coefficient (Wildman–Crippen LogP) is 4.86. The molecule has 40 heavy (non-hydrogen) atoms. The number of carboxylic acid groups (broad SMARTS) is 1. The lowest BCUT2D eigenvalue weighted by Crippen LogP contribution is -2.42. The molecule has 0 aromatic heterocycles. The molecule has 0 aliphatic carbocycles. The number of aliphatic carboxylic acids is 1. The molecule has 0 saturated carbocycles. The summed E-state index contributed by atoms with van der Waals surface area (Å²) in [4.78, 5) is 24.1. The van der Waals surface area contributed by atoms with E-state index in [0.717, 1.165) is 25.2 Å². The van der Waals surface area contributed by atoms with Gasteiger partial charge in [-0.1, -0.05) is 42.5 Å². The van der Waals surface area contributed by atoms with E-state index in [1.807, 2.05) is 25.1 Å². The van der Waals surface area contributed by atoms with Gasteiger partial charge in [-0.05, 0) is 65.9 Å². The Morgan fingerprint density at radius 3 is 2.27 bits per heavy atom. The van der Waals surface area contributed by atoms with Crippen LogP contribution in [0.2, 0.25) is 0 Å². The van der Waals surface area contributed by atoms with Crippen LogP contribution in [0, 0.1) is 0 Å². The number of ether oxygens (including phenoxy) is 1. The van der Waals surface area contributed by atoms with Crippen molar-refractivity contribution in [1.29, 1.82) is 0 Å². The van der Waals surface area contributed by atoms with Gasteiger partial charge in [0.1, 0.15) is 5.75 Å². The molecule has 2 fully saturated rings. The second-order valence-electron chi connectivity index (χ2n) is 9.77. The number of amides is 1. The molecule has 2 saturated heterocycles. The van der Waals surface area contributed by atoms with Gasteiger partial charge in [0.15, 0.2) is 0 Å². The Balaban J connectivity index is 0.000000470. The lowest BCUT2D eigenvalue weighted by molar-refractivity contribution is -0.192. The summed E-state index contributed by atoms with van der Waals surface area (Å²) in [6.07, 6.45) is -3.80. The van der Waals surface area contributed by atoms with Crippen LogP contribution in [0.4, 0.5) is 13.2 Å². The number of carboxylic acids is 1. The fraction of sp³-hybridized carbons (Fsp3) is 0.333. The SMILES string of the molecule is CCOc1cccc(C(=O)NCc2cccc(-c3cccc(CN4C[C@@H]5C[C@H]4CN5)c3)c2)c1.O=C(O)C(F)(F)F. The Labute approximate surface area is 231 Å². The van der Waals surface area contributed by atoms with Gasteiger partial charge in [0.05, 0.1) is 6.61 Å². The van der Waals surface area contributed by atoms with E-state index in [1.165, 1.54) is 23.1 Å². The number of carbonyl (C=O) groups excluding carboxylic acids is 1. The zero-order chi connectivity index (χ0) is 28.7. The van der Waals surface area contributed by atoms with Crippen molar-refractivity contribution in [2.45, 2.75) is 44.7 Å². The summed E-state index contributed by atoms with van der Waals surface area (Å²) in [6, 6.07) is 25.9. The van der Waals surface area contributed by atoms with E-state index in [1.54, 1.807) is 6.07 Å². The second-order valence-corrected chi connectivity index (χ2v) is 9.77. The third-order valence-corrected chi connectivity index (χ3v) is 6.85. The molecule has 212 valence electrons. The molecule has 2 atom stereocenters. The molecular weight excluding hydrogens is 523 g/mol. The van der Waals surface area contributed by atoms with E-state index in [2.05, 4.69) is 64.1 Å². The zero-order valence-electron chi connectivity index (χ0n) is 22.1. The maximum atomic E-state index is 12.6. The van der Waals surface area contributed by atoms with Crippen molar-refractivity contribution in [3.8, 4) is 16.9 Å². The van der Waals surface area contributed by atoms with Crippen LogP contribution >= 0.6 is 0 Å². The van der Waals surface area contributed by atoms with Gasteiger partial charge in [-0.2, -0.15) is 13.2 Å². The van der Waals surface area contributed by atoms with Gasteiger partial charge in [0.25, 0.3) is 5.91 Å². The van der Waals surface area contributed by atoms with Crippen LogP contribution in [0.5, 0.6) is 5.75 Å². The highest BCUT2D eigenvalue weighted by molar-refractivity contribution is 5.94. The molecule has 2 heterocycles. The van der Waals surface area contributed by atoms with Crippen LogP contribution < -0.4 is 15.4 Å². The number of hydrogen-bond donors (Lipinski definition) is 3. The number of benzene rings is 3. The van der Waals surface area contributed by atoms with Crippen molar-refractivity contribution in [1.82, 2.24) is 15.5 Å². The van der Waals surface area contributed by atoms with Gasteiger partial charge < -0.3 is 20.5 Å². The van der Waals surface area contributed by atoms with Crippen LogP contribution in [-0.2, 0) is 17.9 Å². The molecule has 1 amide bonds. The Bertz CT molecular complexity index is 1330. The molecule has 5 rings (SSSR count). The topological polar surface area (TPSA) is 90.9 Å². The standard InChI is InChI=1S/C28H31N3O2.C2HF3O2/c1-2-33-27-11-5-10-24(14-27)28(32)30-16-20-6-3-8-22(12-20)23-9-4-7-21(13-23)18-31-19-25-15-26(31)17-29-25;3-2(4,5)1(6)7/h3-14,25-26,29H,2,15-19H2,1H3,(H,30,32);(H,6,7)/t25-,26-;/m0./s1. The minimum atomic E-state index is -5.08. The molecule has 2 aliphatic rings. The van der Waals surface area contributed by atoms with Gasteiger partial charge in [0, 0.05) is 43.8 Å². The molecule has 3 aromatic rings. The Hall–Kier alpha value is -3.89. The number of carbonyl (C=O) groups is 2. The van der Waals surface area contributed by atoms with Gasteiger partial charge >= 0.3 is 12.1 Å². The van der Waals surface area contributed by atoms with Crippen molar-refractivity contribution >= 4 is 11.9 Å². The molecular formula is C30H32F3N3O4. The molecule has 2 aliphatic heterocycles. The first-order valence-electron chi connectivity index (χ1n) is 13.1. The minimum absolute atomic E-state index is 0.0987. The number of nitrogens with zero attached hydrogens (tertiary/aromatic N) is 1. The maximum Gasteiger partial charge on any atom is 0.490 e. The summed E-state index contributed by atoms with van der Waals surface area (Å²) >= 11 is 0. The van der Waals surface area contributed by atoms with Crippen molar-refractivity contribution in [3.05, 3.63) is 89.5 Å². The van der Waals surface area contributed by atoms with Crippen LogP contribution in [0.15, 0.2) is 72.8 Å². The Kier molecular flexibility index (Phi) is 9.44. The number of hydrogen-bond acceptors (Lipinski definition) is 5. The number of nitrogens with one attached hydrogen (secondary N) is 2. The maximum absolute atomic E-state index is 12.6. The number of fused-ring (bicyclic) bond motifs is 2. The lowest BCUT2D eigenvalue weighted by atomic mass is 10.0. The van der Waals surface area contributed by atoms with Crippen LogP contribution in [0.1, 0.15) is 34.8 Å². The van der Waals surface area contributed by atoms with Crippen molar-refractivity contribution in [2.75, 3.05) is 19.7 Å². The molecule has 10 heteroatoms. The average molecular weight is 556 g/mol. The predicted molar refractivity (Wildman–Crippen MR) is 145 cm³/mol. The number of likely N-dealkylation sites (tertiary alicyclic amines) is 1. The highest BCUT2D eigenvalue weighted by atomic mass is 19.4. The van der Waals surface area contributed by atoms with Crippen molar-refractivity contribution in [3.63, 3.8) is 0 Å². The van der Waals surface area contributed by atoms with E-state index in [0.29, 0.717) is 36.5 Å². The van der Waals surface area contributed by atoms with E-state index >= 15 is 0 Å². The largest absolute Gasteiger partial charge is 0.494 e. The monoisotopic (exact) mass is 555 g/mol. The number of halogens is 3. The second kappa shape index (κ2) is 13.0. The van der Waals surface area contributed by atoms with Crippen LogP contribution in [0.25, 0.3) is 11.1 Å². The summed E-state index contributed by atoms with van der Waals surface area (Å²) in [5, 5.41) is 13.7. The summed E-state index contributed by atoms with van der Waals surface area (Å²) in [5.41, 5.74) is 5.43. The van der Waals surface area contributed by atoms with Gasteiger partial charge in [-0.3, -0.25) is 9.69 Å². The van der Waals surface area contributed by atoms with E-state index in [4.69, 9.17) is 14.6 Å². The fourth-order valence-electron chi connectivity index (χ4n) is 4.96. The van der Waals surface area contributed by atoms with E-state index in [9.17, 15) is 18.0 Å². The molecule has 3 N–H and O–H groups in total. The number of rotatable bonds is 8. The minimum Gasteiger partial charge on any atom is -0.494 e. The van der Waals surface area contributed by atoms with Crippen molar-refractivity contribution in [2.24, 2.45) is 0 Å². The zero-order valence-corrected chi connectivity index (χ0v) is 22.1. The fourth-order valence-corrected chi connectivity index (χ4v) is 4.96. The molecule has 3 aromatic carbocycles. The van der Waals surface area contributed by atoms with E-state index in [-0.39, 0.29) is 5.91 Å². The smallest absolute Gasteiger partial charge is 0.490 e. The molecule has 2 bridgehead atoms. The third kappa shape index (κ3) is 7.83. The molecule has 0 spiro atoms. The highest BCUT2D eigenvalue weighted by Crippen LogP contribution is 2.27. The molecule has 0 radical (unpaired) electrons. The Morgan fingerprint density at radius 1 is 1.02 bits per heavy atom. The van der Waals surface area contributed by atoms with Gasteiger partial charge in [-0.15, -0.1) is 0 Å². The molecule has 0 unspecified atom stereocenters. The first-order chi connectivity index (χ1) is 19.1. The summed E-state index contributed by atoms with van der Waals surface area (Å²) in [7, 11) is 0. The number of piperazine rings is 1. The van der Waals surface area contributed by atoms with Gasteiger partial charge in [-0.25, -0.2) is 4.79 Å². The van der Waals surface area contributed by atoms with E-state index < -0.39 is 12.1 Å². The Morgan fingerprint density at radius 2 is 1.68 bits per heavy atom. The molecule has 7 nitrogen and oxygen atoms in total. The van der Waals surface area contributed by atoms with Crippen molar-refractivity contribution < 1.29 is 32.6 Å². The average Bonchev–Trinajstić information content (AvgIpc) is 3.56. The highest BCUT2D eigenvalue weighted by Gasteiger charge is 2.38.